The minimum Gasteiger partial charge on any atom is -0.480 e. The lowest BCUT2D eigenvalue weighted by Gasteiger charge is -2.25. The van der Waals surface area contributed by atoms with Crippen molar-refractivity contribution < 1.29 is 24.3 Å². The Bertz CT molecular complexity index is 1710. The van der Waals surface area contributed by atoms with Crippen LogP contribution in [0.25, 0.3) is 10.9 Å². The zero-order valence-corrected chi connectivity index (χ0v) is 26.5. The van der Waals surface area contributed by atoms with Gasteiger partial charge in [0.1, 0.15) is 18.1 Å². The summed E-state index contributed by atoms with van der Waals surface area (Å²) in [5.41, 5.74) is 20.4. The minimum absolute atomic E-state index is 0.0473. The maximum Gasteiger partial charge on any atom is 0.326 e. The predicted molar refractivity (Wildman–Crippen MR) is 184 cm³/mol. The summed E-state index contributed by atoms with van der Waals surface area (Å²) in [7, 11) is 0. The third-order valence-corrected chi connectivity index (χ3v) is 7.84. The Kier molecular flexibility index (Phi) is 12.7. The molecule has 4 rings (SSSR count). The first-order chi connectivity index (χ1) is 23.1. The standard InChI is InChI=1S/C35H42N8O5/c36-26(20-24-21-40-27-15-8-7-14-25(24)27)31(44)41-28(16-9-17-39-35(37)38)32(45)42-29(18-22-10-3-1-4-11-22)33(46)43-30(34(47)48)19-23-12-5-2-6-13-23/h1-8,10-15,21,26,28-30,40H,9,16-20,36H2,(H,41,44)(H,42,45)(H,43,46)(H,47,48)(H4,37,38,39). The topological polar surface area (TPSA) is 231 Å². The lowest BCUT2D eigenvalue weighted by Crippen LogP contribution is -2.58. The Hall–Kier alpha value is -5.69. The van der Waals surface area contributed by atoms with Gasteiger partial charge >= 0.3 is 5.97 Å². The second kappa shape index (κ2) is 17.3. The van der Waals surface area contributed by atoms with Crippen molar-refractivity contribution in [1.82, 2.24) is 20.9 Å². The van der Waals surface area contributed by atoms with Gasteiger partial charge in [-0.05, 0) is 42.0 Å². The van der Waals surface area contributed by atoms with E-state index in [0.29, 0.717) is 6.42 Å². The number of para-hydroxylation sites is 1. The number of carbonyl (C=O) groups excluding carboxylic acids is 3. The molecule has 252 valence electrons. The molecule has 1 heterocycles. The molecule has 3 aromatic carbocycles. The molecule has 0 saturated carbocycles. The summed E-state index contributed by atoms with van der Waals surface area (Å²) < 4.78 is 0. The Morgan fingerprint density at radius 3 is 1.88 bits per heavy atom. The largest absolute Gasteiger partial charge is 0.480 e. The number of nitrogens with two attached hydrogens (primary N) is 3. The van der Waals surface area contributed by atoms with Crippen molar-refractivity contribution in [3.05, 3.63) is 108 Å². The van der Waals surface area contributed by atoms with E-state index < -0.39 is 47.9 Å². The van der Waals surface area contributed by atoms with Gasteiger partial charge in [0.05, 0.1) is 6.04 Å². The number of aliphatic imine (C=N–C) groups is 1. The molecule has 3 amide bonds. The van der Waals surface area contributed by atoms with Crippen LogP contribution in [0.5, 0.6) is 0 Å². The molecule has 0 aliphatic carbocycles. The number of aromatic amines is 1. The van der Waals surface area contributed by atoms with Gasteiger partial charge in [0.25, 0.3) is 0 Å². The molecule has 0 fully saturated rings. The van der Waals surface area contributed by atoms with Crippen LogP contribution in [0.3, 0.4) is 0 Å². The van der Waals surface area contributed by atoms with E-state index in [2.05, 4.69) is 25.9 Å². The molecule has 4 aromatic rings. The average Bonchev–Trinajstić information content (AvgIpc) is 3.48. The third kappa shape index (κ3) is 10.4. The highest BCUT2D eigenvalue weighted by Crippen LogP contribution is 2.19. The molecule has 1 aromatic heterocycles. The number of carboxylic acids is 1. The van der Waals surface area contributed by atoms with E-state index in [0.717, 1.165) is 27.6 Å². The number of guanidine groups is 1. The Balaban J connectivity index is 1.51. The van der Waals surface area contributed by atoms with Crippen LogP contribution in [0.2, 0.25) is 0 Å². The van der Waals surface area contributed by atoms with E-state index in [-0.39, 0.29) is 38.2 Å². The molecule has 48 heavy (non-hydrogen) atoms. The van der Waals surface area contributed by atoms with Gasteiger partial charge < -0.3 is 43.2 Å². The number of benzene rings is 3. The Morgan fingerprint density at radius 1 is 0.708 bits per heavy atom. The van der Waals surface area contributed by atoms with E-state index >= 15 is 0 Å². The maximum atomic E-state index is 13.8. The summed E-state index contributed by atoms with van der Waals surface area (Å²) in [6.07, 6.45) is 2.61. The normalized spacial score (nSPS) is 13.4. The van der Waals surface area contributed by atoms with Crippen LogP contribution in [-0.4, -0.2) is 70.5 Å². The smallest absolute Gasteiger partial charge is 0.326 e. The highest BCUT2D eigenvalue weighted by atomic mass is 16.4. The van der Waals surface area contributed by atoms with Gasteiger partial charge in [-0.1, -0.05) is 78.9 Å². The quantitative estimate of drug-likeness (QED) is 0.0466. The van der Waals surface area contributed by atoms with Crippen LogP contribution in [0, 0.1) is 0 Å². The van der Waals surface area contributed by atoms with Crippen LogP contribution in [0.1, 0.15) is 29.5 Å². The highest BCUT2D eigenvalue weighted by molar-refractivity contribution is 5.94. The van der Waals surface area contributed by atoms with Crippen molar-refractivity contribution in [1.29, 1.82) is 0 Å². The van der Waals surface area contributed by atoms with Crippen molar-refractivity contribution in [3.63, 3.8) is 0 Å². The maximum absolute atomic E-state index is 13.8. The van der Waals surface area contributed by atoms with Crippen molar-refractivity contribution in [3.8, 4) is 0 Å². The van der Waals surface area contributed by atoms with E-state index in [1.165, 1.54) is 0 Å². The average molecular weight is 655 g/mol. The molecular weight excluding hydrogens is 612 g/mol. The van der Waals surface area contributed by atoms with Crippen LogP contribution in [0.4, 0.5) is 0 Å². The van der Waals surface area contributed by atoms with Gasteiger partial charge in [-0.15, -0.1) is 0 Å². The number of hydrogen-bond donors (Lipinski definition) is 8. The number of hydrogen-bond acceptors (Lipinski definition) is 6. The Morgan fingerprint density at radius 2 is 1.25 bits per heavy atom. The van der Waals surface area contributed by atoms with Gasteiger partial charge in [-0.2, -0.15) is 0 Å². The number of amides is 3. The molecule has 0 saturated heterocycles. The van der Waals surface area contributed by atoms with Crippen LogP contribution >= 0.6 is 0 Å². The Labute approximate surface area is 278 Å². The fourth-order valence-electron chi connectivity index (χ4n) is 5.33. The number of nitrogens with zero attached hydrogens (tertiary/aromatic N) is 1. The van der Waals surface area contributed by atoms with E-state index in [1.807, 2.05) is 36.4 Å². The molecule has 13 heteroatoms. The van der Waals surface area contributed by atoms with Gasteiger partial charge in [-0.3, -0.25) is 19.4 Å². The zero-order valence-electron chi connectivity index (χ0n) is 26.5. The molecule has 0 bridgehead atoms. The first kappa shape index (κ1) is 35.2. The lowest BCUT2D eigenvalue weighted by molar-refractivity contribution is -0.142. The summed E-state index contributed by atoms with van der Waals surface area (Å²) in [6, 6.07) is 21.1. The van der Waals surface area contributed by atoms with E-state index in [4.69, 9.17) is 17.2 Å². The van der Waals surface area contributed by atoms with Crippen LogP contribution in [0.15, 0.2) is 96.1 Å². The fraction of sp³-hybridized carbons (Fsp3) is 0.286. The number of fused-ring (bicyclic) bond motifs is 1. The minimum atomic E-state index is -1.24. The zero-order chi connectivity index (χ0) is 34.5. The van der Waals surface area contributed by atoms with Gasteiger partial charge in [0.15, 0.2) is 5.96 Å². The van der Waals surface area contributed by atoms with E-state index in [1.54, 1.807) is 54.7 Å². The number of aliphatic carboxylic acids is 1. The van der Waals surface area contributed by atoms with E-state index in [9.17, 15) is 24.3 Å². The lowest BCUT2D eigenvalue weighted by atomic mass is 10.0. The molecule has 0 spiro atoms. The molecule has 0 aliphatic rings. The second-order valence-corrected chi connectivity index (χ2v) is 11.5. The first-order valence-corrected chi connectivity index (χ1v) is 15.7. The van der Waals surface area contributed by atoms with Crippen molar-refractivity contribution in [2.45, 2.75) is 56.3 Å². The molecule has 4 unspecified atom stereocenters. The summed E-state index contributed by atoms with van der Waals surface area (Å²) >= 11 is 0. The van der Waals surface area contributed by atoms with Crippen molar-refractivity contribution in [2.75, 3.05) is 6.54 Å². The fourth-order valence-corrected chi connectivity index (χ4v) is 5.33. The van der Waals surface area contributed by atoms with Gasteiger partial charge in [-0.25, -0.2) is 4.79 Å². The summed E-state index contributed by atoms with van der Waals surface area (Å²) in [5.74, 6) is -3.20. The number of carbonyl (C=O) groups is 4. The highest BCUT2D eigenvalue weighted by Gasteiger charge is 2.31. The number of H-pyrrole nitrogens is 1. The number of rotatable bonds is 17. The molecule has 4 atom stereocenters. The molecule has 13 nitrogen and oxygen atoms in total. The van der Waals surface area contributed by atoms with Crippen LogP contribution < -0.4 is 33.2 Å². The summed E-state index contributed by atoms with van der Waals surface area (Å²) in [4.78, 5) is 60.0. The predicted octanol–water partition coefficient (Wildman–Crippen LogP) is 1.12. The number of carboxylic acid groups (broad SMARTS) is 1. The van der Waals surface area contributed by atoms with Crippen LogP contribution in [-0.2, 0) is 38.4 Å². The SMILES string of the molecule is NC(N)=NCCCC(NC(=O)C(N)Cc1c[nH]c2ccccc12)C(=O)NC(Cc1ccccc1)C(=O)NC(Cc1ccccc1)C(=O)O. The monoisotopic (exact) mass is 654 g/mol. The number of nitrogens with one attached hydrogen (secondary N) is 4. The van der Waals surface area contributed by atoms with Crippen molar-refractivity contribution >= 4 is 40.6 Å². The molecule has 11 N–H and O–H groups in total. The van der Waals surface area contributed by atoms with Gasteiger partial charge in [0.2, 0.25) is 17.7 Å². The third-order valence-electron chi connectivity index (χ3n) is 7.84. The van der Waals surface area contributed by atoms with Gasteiger partial charge in [0, 0.05) is 36.5 Å². The molecule has 0 radical (unpaired) electrons. The number of aromatic nitrogens is 1. The molecular formula is C35H42N8O5. The second-order valence-electron chi connectivity index (χ2n) is 11.5. The molecule has 0 aliphatic heterocycles. The summed E-state index contributed by atoms with van der Waals surface area (Å²) in [6.45, 7) is 0.205. The van der Waals surface area contributed by atoms with Crippen molar-refractivity contribution in [2.24, 2.45) is 22.2 Å². The first-order valence-electron chi connectivity index (χ1n) is 15.7. The summed E-state index contributed by atoms with van der Waals surface area (Å²) in [5, 5.41) is 18.9.